The molecule has 0 spiro atoms. The van der Waals surface area contributed by atoms with Crippen LogP contribution in [0.4, 0.5) is 0 Å². The molecule has 25 heavy (non-hydrogen) atoms. The third kappa shape index (κ3) is 3.21. The molecule has 0 radical (unpaired) electrons. The van der Waals surface area contributed by atoms with E-state index in [1.165, 1.54) is 32.0 Å². The molecule has 0 N–H and O–H groups in total. The second kappa shape index (κ2) is 6.96. The van der Waals surface area contributed by atoms with Gasteiger partial charge in [0.15, 0.2) is 0 Å². The lowest BCUT2D eigenvalue weighted by Crippen LogP contribution is -1.81. The zero-order valence-corrected chi connectivity index (χ0v) is 14.8. The molecule has 3 aromatic carbocycles. The number of benzene rings is 3. The number of ether oxygens (including phenoxy) is 1. The summed E-state index contributed by atoms with van der Waals surface area (Å²) in [4.78, 5) is 2.57. The van der Waals surface area contributed by atoms with Crippen LogP contribution in [0, 0.1) is 0 Å². The maximum Gasteiger partial charge on any atom is 0.118 e. The van der Waals surface area contributed by atoms with Gasteiger partial charge in [-0.1, -0.05) is 60.7 Å². The van der Waals surface area contributed by atoms with Crippen LogP contribution >= 0.6 is 11.3 Å². The topological polar surface area (TPSA) is 9.23 Å². The summed E-state index contributed by atoms with van der Waals surface area (Å²) >= 11 is 1.83. The highest BCUT2D eigenvalue weighted by Gasteiger charge is 2.13. The maximum atomic E-state index is 5.28. The Labute approximate surface area is 152 Å². The zero-order valence-electron chi connectivity index (χ0n) is 14.0. The monoisotopic (exact) mass is 342 g/mol. The van der Waals surface area contributed by atoms with Gasteiger partial charge in [-0.2, -0.15) is 0 Å². The molecule has 0 aliphatic heterocycles. The van der Waals surface area contributed by atoms with Gasteiger partial charge in [0, 0.05) is 15.3 Å². The molecule has 0 unspecified atom stereocenters. The molecule has 0 amide bonds. The first kappa shape index (κ1) is 15.7. The van der Waals surface area contributed by atoms with E-state index in [2.05, 4.69) is 78.9 Å². The van der Waals surface area contributed by atoms with Gasteiger partial charge in [-0.05, 0) is 47.0 Å². The van der Waals surface area contributed by atoms with Crippen LogP contribution in [-0.4, -0.2) is 7.11 Å². The normalized spacial score (nSPS) is 10.6. The van der Waals surface area contributed by atoms with Crippen molar-refractivity contribution in [3.05, 3.63) is 91.0 Å². The summed E-state index contributed by atoms with van der Waals surface area (Å²) in [7, 11) is 1.70. The lowest BCUT2D eigenvalue weighted by Gasteiger charge is -2.03. The van der Waals surface area contributed by atoms with E-state index in [9.17, 15) is 0 Å². The summed E-state index contributed by atoms with van der Waals surface area (Å²) in [6.45, 7) is 0. The van der Waals surface area contributed by atoms with Crippen LogP contribution in [0.1, 0.15) is 0 Å². The third-order valence-corrected chi connectivity index (χ3v) is 5.46. The molecule has 2 heteroatoms. The van der Waals surface area contributed by atoms with Gasteiger partial charge < -0.3 is 4.74 Å². The maximum absolute atomic E-state index is 5.28. The first-order valence-corrected chi connectivity index (χ1v) is 9.06. The Bertz CT molecular complexity index is 897. The Morgan fingerprint density at radius 1 is 0.640 bits per heavy atom. The molecule has 0 saturated heterocycles. The molecular formula is C23H18OS. The zero-order chi connectivity index (χ0) is 17.1. The van der Waals surface area contributed by atoms with E-state index in [4.69, 9.17) is 4.74 Å². The molecule has 4 rings (SSSR count). The summed E-state index contributed by atoms with van der Waals surface area (Å²) in [5.41, 5.74) is 5.00. The van der Waals surface area contributed by atoms with Gasteiger partial charge in [0.25, 0.3) is 0 Å². The van der Waals surface area contributed by atoms with Gasteiger partial charge in [-0.25, -0.2) is 0 Å². The van der Waals surface area contributed by atoms with Gasteiger partial charge in [0.1, 0.15) is 5.75 Å². The number of methoxy groups -OCH3 is 1. The van der Waals surface area contributed by atoms with Crippen molar-refractivity contribution in [1.82, 2.24) is 0 Å². The third-order valence-electron chi connectivity index (χ3n) is 4.23. The van der Waals surface area contributed by atoms with Crippen molar-refractivity contribution in [2.24, 2.45) is 0 Å². The lowest BCUT2D eigenvalue weighted by atomic mass is 10.0. The number of hydrogen-bond acceptors (Lipinski definition) is 2. The van der Waals surface area contributed by atoms with E-state index >= 15 is 0 Å². The molecule has 4 aromatic rings. The minimum atomic E-state index is 0.881. The quantitative estimate of drug-likeness (QED) is 0.398. The molecule has 0 aliphatic carbocycles. The van der Waals surface area contributed by atoms with E-state index in [0.717, 1.165) is 5.75 Å². The first-order chi connectivity index (χ1) is 12.3. The van der Waals surface area contributed by atoms with Crippen LogP contribution < -0.4 is 4.74 Å². The van der Waals surface area contributed by atoms with E-state index in [1.807, 2.05) is 23.5 Å². The molecule has 1 aromatic heterocycles. The molecule has 0 fully saturated rings. The second-order valence-corrected chi connectivity index (χ2v) is 6.87. The minimum absolute atomic E-state index is 0.881. The number of rotatable bonds is 4. The Kier molecular flexibility index (Phi) is 4.36. The SMILES string of the molecule is COc1ccc(-c2cc(-c3ccccc3)c(-c3ccccc3)s2)cc1. The van der Waals surface area contributed by atoms with Crippen LogP contribution in [0.3, 0.4) is 0 Å². The van der Waals surface area contributed by atoms with Crippen LogP contribution in [0.25, 0.3) is 32.0 Å². The lowest BCUT2D eigenvalue weighted by molar-refractivity contribution is 0.415. The van der Waals surface area contributed by atoms with E-state index in [0.29, 0.717) is 0 Å². The van der Waals surface area contributed by atoms with Gasteiger partial charge in [0.05, 0.1) is 7.11 Å². The highest BCUT2D eigenvalue weighted by molar-refractivity contribution is 7.19. The largest absolute Gasteiger partial charge is 0.497 e. The number of thiophene rings is 1. The van der Waals surface area contributed by atoms with Gasteiger partial charge in [-0.15, -0.1) is 11.3 Å². The Balaban J connectivity index is 1.86. The fraction of sp³-hybridized carbons (Fsp3) is 0.0435. The fourth-order valence-electron chi connectivity index (χ4n) is 2.92. The molecule has 0 bridgehead atoms. The average molecular weight is 342 g/mol. The molecule has 122 valence electrons. The van der Waals surface area contributed by atoms with Crippen LogP contribution in [0.5, 0.6) is 5.75 Å². The van der Waals surface area contributed by atoms with Crippen LogP contribution in [0.15, 0.2) is 91.0 Å². The molecule has 1 nitrogen and oxygen atoms in total. The average Bonchev–Trinajstić information content (AvgIpc) is 3.15. The van der Waals surface area contributed by atoms with Crippen molar-refractivity contribution in [2.45, 2.75) is 0 Å². The van der Waals surface area contributed by atoms with E-state index in [-0.39, 0.29) is 0 Å². The van der Waals surface area contributed by atoms with Crippen LogP contribution in [0.2, 0.25) is 0 Å². The van der Waals surface area contributed by atoms with Crippen molar-refractivity contribution in [1.29, 1.82) is 0 Å². The van der Waals surface area contributed by atoms with Crippen molar-refractivity contribution in [2.75, 3.05) is 7.11 Å². The standard InChI is InChI=1S/C23H18OS/c1-24-20-14-12-18(13-15-20)22-16-21(17-8-4-2-5-9-17)23(25-22)19-10-6-3-7-11-19/h2-16H,1H3. The van der Waals surface area contributed by atoms with Crippen molar-refractivity contribution in [3.8, 4) is 37.8 Å². The smallest absolute Gasteiger partial charge is 0.118 e. The molecule has 0 aliphatic rings. The Morgan fingerprint density at radius 2 is 1.24 bits per heavy atom. The summed E-state index contributed by atoms with van der Waals surface area (Å²) in [5.74, 6) is 0.881. The minimum Gasteiger partial charge on any atom is -0.497 e. The predicted octanol–water partition coefficient (Wildman–Crippen LogP) is 6.76. The summed E-state index contributed by atoms with van der Waals surface area (Å²) in [5, 5.41) is 0. The van der Waals surface area contributed by atoms with Crippen molar-refractivity contribution < 1.29 is 4.74 Å². The summed E-state index contributed by atoms with van der Waals surface area (Å²) in [6, 6.07) is 31.7. The first-order valence-electron chi connectivity index (χ1n) is 8.24. The van der Waals surface area contributed by atoms with Crippen LogP contribution in [-0.2, 0) is 0 Å². The fourth-order valence-corrected chi connectivity index (χ4v) is 4.12. The van der Waals surface area contributed by atoms with Crippen molar-refractivity contribution >= 4 is 11.3 Å². The van der Waals surface area contributed by atoms with Gasteiger partial charge >= 0.3 is 0 Å². The van der Waals surface area contributed by atoms with Gasteiger partial charge in [-0.3, -0.25) is 0 Å². The highest BCUT2D eigenvalue weighted by Crippen LogP contribution is 2.43. The predicted molar refractivity (Wildman–Crippen MR) is 107 cm³/mol. The van der Waals surface area contributed by atoms with Crippen molar-refractivity contribution in [3.63, 3.8) is 0 Å². The summed E-state index contributed by atoms with van der Waals surface area (Å²) < 4.78 is 5.28. The molecule has 0 atom stereocenters. The molecule has 0 saturated carbocycles. The summed E-state index contributed by atoms with van der Waals surface area (Å²) in [6.07, 6.45) is 0. The molecular weight excluding hydrogens is 324 g/mol. The Morgan fingerprint density at radius 3 is 1.84 bits per heavy atom. The highest BCUT2D eigenvalue weighted by atomic mass is 32.1. The second-order valence-electron chi connectivity index (χ2n) is 5.81. The van der Waals surface area contributed by atoms with Gasteiger partial charge in [0.2, 0.25) is 0 Å². The molecule has 1 heterocycles. The van der Waals surface area contributed by atoms with E-state index in [1.54, 1.807) is 7.11 Å². The number of hydrogen-bond donors (Lipinski definition) is 0. The Hall–Kier alpha value is -2.84. The van der Waals surface area contributed by atoms with E-state index < -0.39 is 0 Å².